The van der Waals surface area contributed by atoms with Crippen molar-refractivity contribution >= 4 is 23.1 Å². The lowest BCUT2D eigenvalue weighted by Crippen LogP contribution is -1.93. The molecule has 0 bridgehead atoms. The highest BCUT2D eigenvalue weighted by Gasteiger charge is 2.06. The molecule has 0 unspecified atom stereocenters. The standard InChI is InChI=1S/C26H24N2O4S/c1-29-25-15-19(7-13-23(25)27)31-17-3-9-21(10-4-17)33-22-11-5-18(6-12-22)32-20-8-14-24(28)26(16-20)30-2/h3-16H,27-28H2,1-2H3. The van der Waals surface area contributed by atoms with Gasteiger partial charge in [0.1, 0.15) is 34.5 Å². The van der Waals surface area contributed by atoms with Crippen LogP contribution in [0, 0.1) is 0 Å². The average molecular weight is 461 g/mol. The molecule has 168 valence electrons. The summed E-state index contributed by atoms with van der Waals surface area (Å²) in [6.45, 7) is 0. The third-order valence-electron chi connectivity index (χ3n) is 4.76. The SMILES string of the molecule is COc1cc(Oc2ccc(Sc3ccc(Oc4ccc(N)c(OC)c4)cc3)cc2)ccc1N. The van der Waals surface area contributed by atoms with Crippen LogP contribution in [0.15, 0.2) is 94.7 Å². The van der Waals surface area contributed by atoms with E-state index >= 15 is 0 Å². The molecule has 0 aliphatic carbocycles. The van der Waals surface area contributed by atoms with E-state index in [0.29, 0.717) is 34.4 Å². The van der Waals surface area contributed by atoms with Crippen LogP contribution in [0.2, 0.25) is 0 Å². The Balaban J connectivity index is 1.37. The van der Waals surface area contributed by atoms with Gasteiger partial charge in [-0.2, -0.15) is 0 Å². The molecule has 0 aromatic heterocycles. The maximum absolute atomic E-state index is 5.90. The molecule has 4 aromatic rings. The number of hydrogen-bond acceptors (Lipinski definition) is 7. The number of ether oxygens (including phenoxy) is 4. The summed E-state index contributed by atoms with van der Waals surface area (Å²) in [5.74, 6) is 3.96. The summed E-state index contributed by atoms with van der Waals surface area (Å²) >= 11 is 1.65. The topological polar surface area (TPSA) is 89.0 Å². The number of benzene rings is 4. The van der Waals surface area contributed by atoms with Gasteiger partial charge in [0.25, 0.3) is 0 Å². The van der Waals surface area contributed by atoms with Crippen molar-refractivity contribution in [3.63, 3.8) is 0 Å². The van der Waals surface area contributed by atoms with Gasteiger partial charge >= 0.3 is 0 Å². The normalized spacial score (nSPS) is 10.5. The number of rotatable bonds is 8. The molecule has 33 heavy (non-hydrogen) atoms. The van der Waals surface area contributed by atoms with Crippen LogP contribution in [0.1, 0.15) is 0 Å². The van der Waals surface area contributed by atoms with Gasteiger partial charge < -0.3 is 30.4 Å². The van der Waals surface area contributed by atoms with Crippen LogP contribution in [0.25, 0.3) is 0 Å². The summed E-state index contributed by atoms with van der Waals surface area (Å²) in [7, 11) is 3.16. The Bertz CT molecular complexity index is 1130. The Hall–Kier alpha value is -3.97. The van der Waals surface area contributed by atoms with Crippen LogP contribution in [0.4, 0.5) is 11.4 Å². The summed E-state index contributed by atoms with van der Waals surface area (Å²) in [6.07, 6.45) is 0. The van der Waals surface area contributed by atoms with Crippen molar-refractivity contribution in [1.29, 1.82) is 0 Å². The number of nitrogens with two attached hydrogens (primary N) is 2. The average Bonchev–Trinajstić information content (AvgIpc) is 2.84. The molecule has 0 saturated heterocycles. The molecule has 0 fully saturated rings. The second-order valence-electron chi connectivity index (χ2n) is 7.06. The van der Waals surface area contributed by atoms with Gasteiger partial charge in [0.15, 0.2) is 0 Å². The third kappa shape index (κ3) is 5.64. The lowest BCUT2D eigenvalue weighted by Gasteiger charge is -2.10. The zero-order valence-electron chi connectivity index (χ0n) is 18.3. The van der Waals surface area contributed by atoms with Crippen molar-refractivity contribution in [2.75, 3.05) is 25.7 Å². The van der Waals surface area contributed by atoms with E-state index in [9.17, 15) is 0 Å². The number of nitrogen functional groups attached to an aromatic ring is 2. The Morgan fingerprint density at radius 3 is 1.24 bits per heavy atom. The van der Waals surface area contributed by atoms with E-state index in [1.165, 1.54) is 0 Å². The van der Waals surface area contributed by atoms with Gasteiger partial charge in [0, 0.05) is 21.9 Å². The first-order chi connectivity index (χ1) is 16.0. The minimum Gasteiger partial charge on any atom is -0.494 e. The Labute approximate surface area is 197 Å². The summed E-state index contributed by atoms with van der Waals surface area (Å²) in [4.78, 5) is 2.18. The zero-order chi connectivity index (χ0) is 23.2. The van der Waals surface area contributed by atoms with E-state index in [4.69, 9.17) is 30.4 Å². The molecule has 0 heterocycles. The molecular weight excluding hydrogens is 436 g/mol. The van der Waals surface area contributed by atoms with Crippen molar-refractivity contribution in [3.8, 4) is 34.5 Å². The molecule has 0 spiro atoms. The Morgan fingerprint density at radius 1 is 0.515 bits per heavy atom. The van der Waals surface area contributed by atoms with E-state index in [0.717, 1.165) is 21.3 Å². The quantitative estimate of drug-likeness (QED) is 0.286. The molecule has 0 amide bonds. The minimum absolute atomic E-state index is 0.571. The zero-order valence-corrected chi connectivity index (χ0v) is 19.1. The maximum atomic E-state index is 5.90. The van der Waals surface area contributed by atoms with Gasteiger partial charge in [-0.05, 0) is 72.8 Å². The second-order valence-corrected chi connectivity index (χ2v) is 8.20. The van der Waals surface area contributed by atoms with Crippen molar-refractivity contribution in [3.05, 3.63) is 84.9 Å². The van der Waals surface area contributed by atoms with Crippen molar-refractivity contribution in [2.24, 2.45) is 0 Å². The lowest BCUT2D eigenvalue weighted by molar-refractivity contribution is 0.411. The van der Waals surface area contributed by atoms with Crippen LogP contribution >= 0.6 is 11.8 Å². The van der Waals surface area contributed by atoms with Crippen LogP contribution in [0.3, 0.4) is 0 Å². The smallest absolute Gasteiger partial charge is 0.145 e. The number of anilines is 2. The summed E-state index contributed by atoms with van der Waals surface area (Å²) < 4.78 is 22.3. The number of methoxy groups -OCH3 is 2. The summed E-state index contributed by atoms with van der Waals surface area (Å²) in [5.41, 5.74) is 12.8. The van der Waals surface area contributed by atoms with Crippen LogP contribution in [-0.4, -0.2) is 14.2 Å². The fourth-order valence-corrected chi connectivity index (χ4v) is 3.89. The predicted octanol–water partition coefficient (Wildman–Crippen LogP) is 6.60. The highest BCUT2D eigenvalue weighted by Crippen LogP contribution is 2.34. The first-order valence-corrected chi connectivity index (χ1v) is 11.0. The molecule has 4 N–H and O–H groups in total. The van der Waals surface area contributed by atoms with Crippen LogP contribution in [0.5, 0.6) is 34.5 Å². The molecular formula is C26H24N2O4S. The highest BCUT2D eigenvalue weighted by molar-refractivity contribution is 7.99. The minimum atomic E-state index is 0.571. The van der Waals surface area contributed by atoms with E-state index < -0.39 is 0 Å². The maximum Gasteiger partial charge on any atom is 0.145 e. The third-order valence-corrected chi connectivity index (χ3v) is 5.78. The van der Waals surface area contributed by atoms with Gasteiger partial charge in [0.05, 0.1) is 25.6 Å². The molecule has 0 atom stereocenters. The van der Waals surface area contributed by atoms with Gasteiger partial charge in [0.2, 0.25) is 0 Å². The molecule has 7 heteroatoms. The molecule has 4 rings (SSSR count). The van der Waals surface area contributed by atoms with E-state index in [1.54, 1.807) is 50.2 Å². The molecule has 6 nitrogen and oxygen atoms in total. The molecule has 0 aliphatic rings. The van der Waals surface area contributed by atoms with Gasteiger partial charge in [-0.1, -0.05) is 11.8 Å². The van der Waals surface area contributed by atoms with E-state index in [1.807, 2.05) is 60.7 Å². The lowest BCUT2D eigenvalue weighted by atomic mass is 10.3. The first kappa shape index (κ1) is 22.2. The van der Waals surface area contributed by atoms with Crippen LogP contribution in [-0.2, 0) is 0 Å². The Morgan fingerprint density at radius 2 is 0.879 bits per heavy atom. The molecule has 0 saturated carbocycles. The van der Waals surface area contributed by atoms with Gasteiger partial charge in [-0.25, -0.2) is 0 Å². The summed E-state index contributed by atoms with van der Waals surface area (Å²) in [6, 6.07) is 26.4. The fraction of sp³-hybridized carbons (Fsp3) is 0.0769. The summed E-state index contributed by atoms with van der Waals surface area (Å²) in [5, 5.41) is 0. The van der Waals surface area contributed by atoms with Crippen LogP contribution < -0.4 is 30.4 Å². The monoisotopic (exact) mass is 460 g/mol. The van der Waals surface area contributed by atoms with E-state index in [-0.39, 0.29) is 0 Å². The second kappa shape index (κ2) is 10.1. The predicted molar refractivity (Wildman–Crippen MR) is 132 cm³/mol. The van der Waals surface area contributed by atoms with E-state index in [2.05, 4.69) is 0 Å². The number of hydrogen-bond donors (Lipinski definition) is 2. The largest absolute Gasteiger partial charge is 0.494 e. The Kier molecular flexibility index (Phi) is 6.80. The molecule has 4 aromatic carbocycles. The highest BCUT2D eigenvalue weighted by atomic mass is 32.2. The molecule has 0 radical (unpaired) electrons. The van der Waals surface area contributed by atoms with Gasteiger partial charge in [-0.15, -0.1) is 0 Å². The first-order valence-electron chi connectivity index (χ1n) is 10.1. The van der Waals surface area contributed by atoms with Crippen molar-refractivity contribution in [2.45, 2.75) is 9.79 Å². The van der Waals surface area contributed by atoms with Gasteiger partial charge in [-0.3, -0.25) is 0 Å². The molecule has 0 aliphatic heterocycles. The van der Waals surface area contributed by atoms with Crippen molar-refractivity contribution in [1.82, 2.24) is 0 Å². The fourth-order valence-electron chi connectivity index (χ4n) is 3.07. The van der Waals surface area contributed by atoms with Crippen molar-refractivity contribution < 1.29 is 18.9 Å².